The van der Waals surface area contributed by atoms with E-state index in [0.717, 1.165) is 18.6 Å². The third-order valence-corrected chi connectivity index (χ3v) is 6.45. The maximum atomic E-state index is 14.5. The number of fused-ring (bicyclic) bond motifs is 1. The number of urea groups is 1. The average Bonchev–Trinajstić information content (AvgIpc) is 3.47. The van der Waals surface area contributed by atoms with Crippen LogP contribution in [0.25, 0.3) is 5.65 Å². The third kappa shape index (κ3) is 3.14. The van der Waals surface area contributed by atoms with Crippen LogP contribution in [0.3, 0.4) is 0 Å². The third-order valence-electron chi connectivity index (χ3n) is 6.45. The van der Waals surface area contributed by atoms with Crippen LogP contribution < -0.4 is 15.1 Å². The van der Waals surface area contributed by atoms with Crippen LogP contribution in [-0.4, -0.2) is 51.5 Å². The van der Waals surface area contributed by atoms with Crippen molar-refractivity contribution < 1.29 is 18.7 Å². The molecular formula is C21H23F2N6O2+. The molecule has 0 aliphatic carbocycles. The Morgan fingerprint density at radius 3 is 2.84 bits per heavy atom. The molecule has 2 aromatic heterocycles. The van der Waals surface area contributed by atoms with E-state index < -0.39 is 23.8 Å². The van der Waals surface area contributed by atoms with Crippen LogP contribution in [0.1, 0.15) is 30.9 Å². The molecule has 2 amide bonds. The number of primary amides is 1. The Morgan fingerprint density at radius 2 is 2.10 bits per heavy atom. The van der Waals surface area contributed by atoms with E-state index in [1.807, 2.05) is 4.90 Å². The Kier molecular flexibility index (Phi) is 4.63. The Morgan fingerprint density at radius 1 is 1.26 bits per heavy atom. The number of hydrogen-bond donors (Lipinski definition) is 2. The summed E-state index contributed by atoms with van der Waals surface area (Å²) in [6, 6.07) is 4.35. The lowest BCUT2D eigenvalue weighted by atomic mass is 10.0. The van der Waals surface area contributed by atoms with Gasteiger partial charge >= 0.3 is 6.03 Å². The molecule has 5 rings (SSSR count). The van der Waals surface area contributed by atoms with E-state index >= 15 is 0 Å². The van der Waals surface area contributed by atoms with E-state index in [0.29, 0.717) is 48.6 Å². The van der Waals surface area contributed by atoms with Crippen molar-refractivity contribution in [2.75, 3.05) is 24.5 Å². The minimum Gasteiger partial charge on any atom is -0.387 e. The number of aliphatic hydroxyl groups excluding tert-OH is 1. The Labute approximate surface area is 177 Å². The predicted octanol–water partition coefficient (Wildman–Crippen LogP) is 2.50. The first-order valence-corrected chi connectivity index (χ1v) is 10.3. The van der Waals surface area contributed by atoms with Gasteiger partial charge < -0.3 is 15.7 Å². The number of benzene rings is 1. The van der Waals surface area contributed by atoms with Gasteiger partial charge in [0.1, 0.15) is 36.3 Å². The summed E-state index contributed by atoms with van der Waals surface area (Å²) in [6.45, 7) is 1.18. The highest BCUT2D eigenvalue weighted by Crippen LogP contribution is 2.38. The summed E-state index contributed by atoms with van der Waals surface area (Å²) in [7, 11) is 0. The molecule has 0 radical (unpaired) electrons. The van der Waals surface area contributed by atoms with Crippen molar-refractivity contribution in [1.82, 2.24) is 19.1 Å². The zero-order valence-corrected chi connectivity index (χ0v) is 16.8. The van der Waals surface area contributed by atoms with Crippen molar-refractivity contribution in [2.45, 2.75) is 31.4 Å². The number of halogens is 2. The summed E-state index contributed by atoms with van der Waals surface area (Å²) in [5.41, 5.74) is 7.02. The molecule has 4 heterocycles. The van der Waals surface area contributed by atoms with Crippen LogP contribution in [-0.2, 0) is 0 Å². The first-order valence-electron chi connectivity index (χ1n) is 10.3. The van der Waals surface area contributed by atoms with Crippen LogP contribution in [0, 0.1) is 11.6 Å². The number of carbonyl (C=O) groups is 1. The maximum absolute atomic E-state index is 14.5. The highest BCUT2D eigenvalue weighted by atomic mass is 19.1. The second-order valence-corrected chi connectivity index (χ2v) is 8.26. The SMILES string of the molecule is NC(=O)[N+]1(c2cnn3ccc(N4CCC[C@@H]4c4cc(F)ccc4F)nc23)CCC(O)C1. The molecule has 31 heavy (non-hydrogen) atoms. The molecule has 3 aromatic rings. The van der Waals surface area contributed by atoms with Crippen LogP contribution in [0.4, 0.5) is 25.1 Å². The van der Waals surface area contributed by atoms with Crippen LogP contribution in [0.2, 0.25) is 0 Å². The van der Waals surface area contributed by atoms with Crippen molar-refractivity contribution in [2.24, 2.45) is 5.73 Å². The van der Waals surface area contributed by atoms with E-state index in [2.05, 4.69) is 5.10 Å². The fraction of sp³-hybridized carbons (Fsp3) is 0.381. The van der Waals surface area contributed by atoms with Gasteiger partial charge in [-0.05, 0) is 37.1 Å². The highest BCUT2D eigenvalue weighted by molar-refractivity contribution is 5.90. The second kappa shape index (κ2) is 7.24. The zero-order valence-electron chi connectivity index (χ0n) is 16.8. The molecule has 2 saturated heterocycles. The average molecular weight is 429 g/mol. The van der Waals surface area contributed by atoms with Crippen LogP contribution in [0.5, 0.6) is 0 Å². The topological polar surface area (TPSA) is 96.8 Å². The molecule has 1 aromatic carbocycles. The van der Waals surface area contributed by atoms with Crippen molar-refractivity contribution in [3.63, 3.8) is 0 Å². The molecule has 2 unspecified atom stereocenters. The molecule has 8 nitrogen and oxygen atoms in total. The number of amides is 2. The maximum Gasteiger partial charge on any atom is 0.419 e. The van der Waals surface area contributed by atoms with Crippen molar-refractivity contribution in [1.29, 1.82) is 0 Å². The molecule has 0 saturated carbocycles. The van der Waals surface area contributed by atoms with Gasteiger partial charge in [0, 0.05) is 24.7 Å². The molecule has 3 atom stereocenters. The minimum absolute atomic E-state index is 0.170. The van der Waals surface area contributed by atoms with Gasteiger partial charge in [-0.15, -0.1) is 0 Å². The summed E-state index contributed by atoms with van der Waals surface area (Å²) in [5, 5.41) is 14.4. The van der Waals surface area contributed by atoms with E-state index in [-0.39, 0.29) is 17.1 Å². The fourth-order valence-corrected chi connectivity index (χ4v) is 4.89. The van der Waals surface area contributed by atoms with Crippen LogP contribution in [0.15, 0.2) is 36.7 Å². The molecular weight excluding hydrogens is 406 g/mol. The molecule has 10 heteroatoms. The minimum atomic E-state index is -0.635. The molecule has 0 bridgehead atoms. The monoisotopic (exact) mass is 429 g/mol. The summed E-state index contributed by atoms with van der Waals surface area (Å²) in [5.74, 6) is -0.346. The van der Waals surface area contributed by atoms with Crippen LogP contribution >= 0.6 is 0 Å². The van der Waals surface area contributed by atoms with Crippen molar-refractivity contribution >= 4 is 23.2 Å². The first-order chi connectivity index (χ1) is 14.9. The van der Waals surface area contributed by atoms with E-state index in [1.54, 1.807) is 23.0 Å². The molecule has 2 fully saturated rings. The van der Waals surface area contributed by atoms with E-state index in [1.165, 1.54) is 6.07 Å². The van der Waals surface area contributed by atoms with E-state index in [4.69, 9.17) is 10.7 Å². The summed E-state index contributed by atoms with van der Waals surface area (Å²) < 4.78 is 29.6. The number of nitrogens with zero attached hydrogens (tertiary/aromatic N) is 5. The molecule has 162 valence electrons. The Balaban J connectivity index is 1.58. The quantitative estimate of drug-likeness (QED) is 0.624. The number of likely N-dealkylation sites (tertiary alicyclic amines) is 1. The van der Waals surface area contributed by atoms with Gasteiger partial charge in [-0.3, -0.25) is 0 Å². The van der Waals surface area contributed by atoms with Crippen molar-refractivity contribution in [3.05, 3.63) is 53.9 Å². The van der Waals surface area contributed by atoms with E-state index in [9.17, 15) is 18.7 Å². The van der Waals surface area contributed by atoms with Gasteiger partial charge in [-0.1, -0.05) is 0 Å². The number of anilines is 1. The van der Waals surface area contributed by atoms with Gasteiger partial charge in [0.25, 0.3) is 0 Å². The largest absolute Gasteiger partial charge is 0.419 e. The van der Waals surface area contributed by atoms with Gasteiger partial charge in [-0.25, -0.2) is 27.6 Å². The van der Waals surface area contributed by atoms with Gasteiger partial charge in [0.2, 0.25) is 11.3 Å². The number of hydrogen-bond acceptors (Lipinski definition) is 5. The standard InChI is InChI=1S/C21H22F2N6O2/c22-13-3-4-16(23)15(10-13)17-2-1-7-27(17)19-5-8-28-20(26-19)18(11-25-28)29(21(24)31)9-6-14(30)12-29/h3-5,8,10-11,14,17,30H,1-2,6-7,9,12H2,(H-,24,31)/p+1/t14?,17-,29?/m1/s1. The summed E-state index contributed by atoms with van der Waals surface area (Å²) >= 11 is 0. The number of carbonyl (C=O) groups excluding carboxylic acids is 1. The number of nitrogens with two attached hydrogens (primary N) is 1. The Bertz CT molecular complexity index is 1170. The Hall–Kier alpha value is -3.11. The van der Waals surface area contributed by atoms with Gasteiger partial charge in [0.15, 0.2) is 0 Å². The van der Waals surface area contributed by atoms with Gasteiger partial charge in [0.05, 0.1) is 12.6 Å². The number of rotatable bonds is 3. The first kappa shape index (κ1) is 19.8. The lowest BCUT2D eigenvalue weighted by Gasteiger charge is -2.28. The predicted molar refractivity (Wildman–Crippen MR) is 110 cm³/mol. The smallest absolute Gasteiger partial charge is 0.387 e. The normalized spacial score (nSPS) is 26.1. The van der Waals surface area contributed by atoms with Gasteiger partial charge in [-0.2, -0.15) is 5.10 Å². The zero-order chi connectivity index (χ0) is 21.8. The fourth-order valence-electron chi connectivity index (χ4n) is 4.89. The summed E-state index contributed by atoms with van der Waals surface area (Å²) in [4.78, 5) is 19.1. The summed E-state index contributed by atoms with van der Waals surface area (Å²) in [6.07, 6.45) is 4.59. The molecule has 2 aliphatic rings. The molecule has 0 spiro atoms. The second-order valence-electron chi connectivity index (χ2n) is 8.26. The lowest BCUT2D eigenvalue weighted by molar-refractivity contribution is 0.176. The highest BCUT2D eigenvalue weighted by Gasteiger charge is 2.47. The number of quaternary nitrogens is 1. The number of aromatic nitrogens is 3. The number of aliphatic hydroxyl groups is 1. The molecule has 2 aliphatic heterocycles. The lowest BCUT2D eigenvalue weighted by Crippen LogP contribution is -2.55. The van der Waals surface area contributed by atoms with Crippen molar-refractivity contribution in [3.8, 4) is 0 Å². The molecule has 3 N–H and O–H groups in total.